The number of anilines is 1. The summed E-state index contributed by atoms with van der Waals surface area (Å²) >= 11 is 0. The molecule has 170 valence electrons. The highest BCUT2D eigenvalue weighted by Gasteiger charge is 2.27. The molecule has 1 unspecified atom stereocenters. The first-order valence-electron chi connectivity index (χ1n) is 11.2. The van der Waals surface area contributed by atoms with E-state index in [1.165, 1.54) is 5.69 Å². The Labute approximate surface area is 193 Å². The van der Waals surface area contributed by atoms with Gasteiger partial charge in [0.15, 0.2) is 11.5 Å². The molecule has 2 heterocycles. The van der Waals surface area contributed by atoms with Crippen molar-refractivity contribution in [2.75, 3.05) is 44.4 Å². The van der Waals surface area contributed by atoms with Gasteiger partial charge >= 0.3 is 6.09 Å². The van der Waals surface area contributed by atoms with E-state index >= 15 is 0 Å². The number of carbonyl (C=O) groups is 1. The van der Waals surface area contributed by atoms with Crippen molar-refractivity contribution in [2.45, 2.75) is 6.04 Å². The fourth-order valence-electron chi connectivity index (χ4n) is 4.32. The van der Waals surface area contributed by atoms with Gasteiger partial charge in [-0.3, -0.25) is 4.90 Å². The lowest BCUT2D eigenvalue weighted by molar-refractivity contribution is 0.168. The predicted molar refractivity (Wildman–Crippen MR) is 126 cm³/mol. The summed E-state index contributed by atoms with van der Waals surface area (Å²) in [6.45, 7) is 4.25. The van der Waals surface area contributed by atoms with E-state index in [-0.39, 0.29) is 12.8 Å². The summed E-state index contributed by atoms with van der Waals surface area (Å²) < 4.78 is 16.5. The van der Waals surface area contributed by atoms with Crippen LogP contribution in [0.2, 0.25) is 0 Å². The van der Waals surface area contributed by atoms with Gasteiger partial charge in [0, 0.05) is 38.4 Å². The van der Waals surface area contributed by atoms with Crippen molar-refractivity contribution in [2.24, 2.45) is 0 Å². The molecule has 1 amide bonds. The lowest BCUT2D eigenvalue weighted by atomic mass is 10.0. The molecule has 5 rings (SSSR count). The molecule has 1 atom stereocenters. The van der Waals surface area contributed by atoms with Gasteiger partial charge < -0.3 is 24.4 Å². The maximum atomic E-state index is 12.5. The Morgan fingerprint density at radius 3 is 2.33 bits per heavy atom. The molecule has 0 saturated carbocycles. The molecule has 3 aromatic rings. The quantitative estimate of drug-likeness (QED) is 0.617. The van der Waals surface area contributed by atoms with Gasteiger partial charge in [0.25, 0.3) is 0 Å². The minimum absolute atomic E-state index is 0.0132. The minimum Gasteiger partial charge on any atom is -0.454 e. The Balaban J connectivity index is 1.28. The number of nitrogens with zero attached hydrogens (tertiary/aromatic N) is 2. The fraction of sp³-hybridized carbons (Fsp3) is 0.269. The molecule has 0 radical (unpaired) electrons. The highest BCUT2D eigenvalue weighted by Crippen LogP contribution is 2.35. The number of piperazine rings is 1. The Hall–Kier alpha value is -3.71. The number of ether oxygens (including phenoxy) is 3. The van der Waals surface area contributed by atoms with Crippen molar-refractivity contribution in [1.82, 2.24) is 10.2 Å². The Bertz CT molecular complexity index is 1070. The molecule has 33 heavy (non-hydrogen) atoms. The normalized spacial score (nSPS) is 16.3. The second-order valence-electron chi connectivity index (χ2n) is 8.07. The molecule has 2 aliphatic heterocycles. The first-order valence-corrected chi connectivity index (χ1v) is 11.2. The van der Waals surface area contributed by atoms with Crippen molar-refractivity contribution in [3.05, 3.63) is 84.4 Å². The van der Waals surface area contributed by atoms with E-state index in [0.717, 1.165) is 43.2 Å². The lowest BCUT2D eigenvalue weighted by Gasteiger charge is -2.40. The van der Waals surface area contributed by atoms with Crippen LogP contribution in [0.5, 0.6) is 17.2 Å². The van der Waals surface area contributed by atoms with Crippen LogP contribution in [0.15, 0.2) is 78.9 Å². The third-order valence-corrected chi connectivity index (χ3v) is 6.05. The van der Waals surface area contributed by atoms with Gasteiger partial charge in [0.1, 0.15) is 5.75 Å². The van der Waals surface area contributed by atoms with Crippen molar-refractivity contribution in [1.29, 1.82) is 0 Å². The van der Waals surface area contributed by atoms with E-state index in [1.54, 1.807) is 12.1 Å². The molecule has 1 saturated heterocycles. The molecule has 2 aliphatic rings. The highest BCUT2D eigenvalue weighted by atomic mass is 16.7. The third-order valence-electron chi connectivity index (χ3n) is 6.05. The standard InChI is InChI=1S/C26H27N3O4/c30-26(33-22-9-5-2-6-10-22)27-18-23(20-11-12-24-25(17-20)32-19-31-24)29-15-13-28(14-16-29)21-7-3-1-4-8-21/h1-12,17,23H,13-16,18-19H2,(H,27,30). The van der Waals surface area contributed by atoms with Crippen LogP contribution in [-0.2, 0) is 0 Å². The molecule has 0 aliphatic carbocycles. The van der Waals surface area contributed by atoms with E-state index in [0.29, 0.717) is 12.3 Å². The minimum atomic E-state index is -0.463. The maximum Gasteiger partial charge on any atom is 0.412 e. The molecule has 1 fully saturated rings. The van der Waals surface area contributed by atoms with Crippen LogP contribution < -0.4 is 24.4 Å². The van der Waals surface area contributed by atoms with Gasteiger partial charge in [-0.2, -0.15) is 0 Å². The van der Waals surface area contributed by atoms with E-state index in [4.69, 9.17) is 14.2 Å². The van der Waals surface area contributed by atoms with Gasteiger partial charge in [-0.15, -0.1) is 0 Å². The van der Waals surface area contributed by atoms with E-state index in [1.807, 2.05) is 42.5 Å². The van der Waals surface area contributed by atoms with Crippen LogP contribution >= 0.6 is 0 Å². The Kier molecular flexibility index (Phi) is 6.30. The summed E-state index contributed by atoms with van der Waals surface area (Å²) in [4.78, 5) is 17.2. The second kappa shape index (κ2) is 9.83. The number of nitrogens with one attached hydrogen (secondary N) is 1. The van der Waals surface area contributed by atoms with Crippen molar-refractivity contribution in [3.8, 4) is 17.2 Å². The Morgan fingerprint density at radius 2 is 1.58 bits per heavy atom. The summed E-state index contributed by atoms with van der Waals surface area (Å²) in [5.74, 6) is 2.02. The summed E-state index contributed by atoms with van der Waals surface area (Å²) in [5, 5.41) is 2.95. The number of para-hydroxylation sites is 2. The Morgan fingerprint density at radius 1 is 0.879 bits per heavy atom. The molecule has 3 aromatic carbocycles. The van der Waals surface area contributed by atoms with Crippen molar-refractivity contribution in [3.63, 3.8) is 0 Å². The molecule has 7 nitrogen and oxygen atoms in total. The third kappa shape index (κ3) is 5.04. The largest absolute Gasteiger partial charge is 0.454 e. The number of rotatable bonds is 6. The highest BCUT2D eigenvalue weighted by molar-refractivity contribution is 5.70. The molecule has 1 N–H and O–H groups in total. The van der Waals surface area contributed by atoms with Crippen LogP contribution in [0.3, 0.4) is 0 Å². The number of hydrogen-bond acceptors (Lipinski definition) is 6. The second-order valence-corrected chi connectivity index (χ2v) is 8.07. The van der Waals surface area contributed by atoms with Crippen molar-refractivity contribution < 1.29 is 19.0 Å². The van der Waals surface area contributed by atoms with Crippen LogP contribution in [0.25, 0.3) is 0 Å². The molecule has 0 aromatic heterocycles. The number of carbonyl (C=O) groups excluding carboxylic acids is 1. The number of hydrogen-bond donors (Lipinski definition) is 1. The number of benzene rings is 3. The maximum absolute atomic E-state index is 12.5. The number of fused-ring (bicyclic) bond motifs is 1. The van der Waals surface area contributed by atoms with Crippen molar-refractivity contribution >= 4 is 11.8 Å². The van der Waals surface area contributed by atoms with Crippen LogP contribution in [0.1, 0.15) is 11.6 Å². The van der Waals surface area contributed by atoms with E-state index in [9.17, 15) is 4.79 Å². The summed E-state index contributed by atoms with van der Waals surface area (Å²) in [6, 6.07) is 25.5. The molecular weight excluding hydrogens is 418 g/mol. The zero-order chi connectivity index (χ0) is 22.5. The van der Waals surface area contributed by atoms with Gasteiger partial charge in [-0.25, -0.2) is 4.79 Å². The number of amides is 1. The summed E-state index contributed by atoms with van der Waals surface area (Å²) in [7, 11) is 0. The monoisotopic (exact) mass is 445 g/mol. The molecule has 7 heteroatoms. The zero-order valence-electron chi connectivity index (χ0n) is 18.4. The topological polar surface area (TPSA) is 63.3 Å². The molecular formula is C26H27N3O4. The van der Waals surface area contributed by atoms with Crippen LogP contribution in [-0.4, -0.2) is 50.5 Å². The lowest BCUT2D eigenvalue weighted by Crippen LogP contribution is -2.50. The van der Waals surface area contributed by atoms with Gasteiger partial charge in [0.05, 0.1) is 6.04 Å². The fourth-order valence-corrected chi connectivity index (χ4v) is 4.32. The average molecular weight is 446 g/mol. The zero-order valence-corrected chi connectivity index (χ0v) is 18.4. The molecule has 0 bridgehead atoms. The summed E-state index contributed by atoms with van der Waals surface area (Å²) in [6.07, 6.45) is -0.463. The predicted octanol–water partition coefficient (Wildman–Crippen LogP) is 4.07. The smallest absolute Gasteiger partial charge is 0.412 e. The van der Waals surface area contributed by atoms with E-state index < -0.39 is 6.09 Å². The van der Waals surface area contributed by atoms with Crippen LogP contribution in [0.4, 0.5) is 10.5 Å². The van der Waals surface area contributed by atoms with E-state index in [2.05, 4.69) is 39.4 Å². The van der Waals surface area contributed by atoms with Gasteiger partial charge in [0.2, 0.25) is 6.79 Å². The first kappa shape index (κ1) is 21.2. The SMILES string of the molecule is O=C(NCC(c1ccc2c(c1)OCO2)N1CCN(c2ccccc2)CC1)Oc1ccccc1. The molecule has 0 spiro atoms. The average Bonchev–Trinajstić information content (AvgIpc) is 3.34. The van der Waals surface area contributed by atoms with Crippen LogP contribution in [0, 0.1) is 0 Å². The van der Waals surface area contributed by atoms with Gasteiger partial charge in [-0.05, 0) is 42.0 Å². The van der Waals surface area contributed by atoms with Gasteiger partial charge in [-0.1, -0.05) is 42.5 Å². The summed E-state index contributed by atoms with van der Waals surface area (Å²) in [5.41, 5.74) is 2.31. The first-order chi connectivity index (χ1) is 16.3.